The third kappa shape index (κ3) is 4.22. The van der Waals surface area contributed by atoms with Gasteiger partial charge in [0.05, 0.1) is 11.9 Å². The van der Waals surface area contributed by atoms with Crippen molar-refractivity contribution in [1.29, 1.82) is 0 Å². The first kappa shape index (κ1) is 14.8. The highest BCUT2D eigenvalue weighted by atomic mass is 127. The average molecular weight is 395 g/mol. The second-order valence-corrected chi connectivity index (χ2v) is 5.25. The molecule has 0 radical (unpaired) electrons. The van der Waals surface area contributed by atoms with Gasteiger partial charge >= 0.3 is 6.18 Å². The number of nitrogens with zero attached hydrogens (tertiary/aromatic N) is 2. The highest BCUT2D eigenvalue weighted by molar-refractivity contribution is 14.1. The molecule has 0 spiro atoms. The molecule has 0 saturated heterocycles. The number of nitrogens with one attached hydrogen (secondary N) is 1. The predicted molar refractivity (Wildman–Crippen MR) is 75.4 cm³/mol. The number of rotatable bonds is 3. The van der Waals surface area contributed by atoms with Crippen LogP contribution < -0.4 is 5.32 Å². The summed E-state index contributed by atoms with van der Waals surface area (Å²) in [5.41, 5.74) is 0.645. The van der Waals surface area contributed by atoms with Crippen LogP contribution in [0.2, 0.25) is 0 Å². The SMILES string of the molecule is O=C(Nc1cnn(CC(F)(F)F)c1)c1ccc(I)cc1. The number of carbonyl (C=O) groups is 1. The molecule has 0 atom stereocenters. The zero-order chi connectivity index (χ0) is 14.8. The molecule has 8 heteroatoms. The number of benzene rings is 1. The van der Waals surface area contributed by atoms with Gasteiger partial charge in [-0.05, 0) is 46.9 Å². The van der Waals surface area contributed by atoms with E-state index in [2.05, 4.69) is 33.0 Å². The molecule has 1 aromatic heterocycles. The molecule has 2 aromatic rings. The van der Waals surface area contributed by atoms with Crippen LogP contribution in [0, 0.1) is 3.57 Å². The Morgan fingerprint density at radius 2 is 1.95 bits per heavy atom. The standard InChI is InChI=1S/C12H9F3IN3O/c13-12(14,15)7-19-6-10(5-17-19)18-11(20)8-1-3-9(16)4-2-8/h1-6H,7H2,(H,18,20). The minimum Gasteiger partial charge on any atom is -0.319 e. The zero-order valence-electron chi connectivity index (χ0n) is 9.99. The van der Waals surface area contributed by atoms with E-state index in [1.165, 1.54) is 6.20 Å². The van der Waals surface area contributed by atoms with Crippen LogP contribution in [-0.2, 0) is 6.54 Å². The highest BCUT2D eigenvalue weighted by Gasteiger charge is 2.28. The minimum atomic E-state index is -4.34. The van der Waals surface area contributed by atoms with E-state index in [0.717, 1.165) is 14.4 Å². The van der Waals surface area contributed by atoms with Crippen LogP contribution in [0.15, 0.2) is 36.7 Å². The molecule has 0 unspecified atom stereocenters. The molecule has 1 heterocycles. The van der Waals surface area contributed by atoms with Crippen molar-refractivity contribution < 1.29 is 18.0 Å². The lowest BCUT2D eigenvalue weighted by atomic mass is 10.2. The van der Waals surface area contributed by atoms with Crippen LogP contribution in [0.1, 0.15) is 10.4 Å². The Hall–Kier alpha value is -1.58. The number of halogens is 4. The Bertz CT molecular complexity index is 607. The second kappa shape index (κ2) is 5.81. The van der Waals surface area contributed by atoms with Crippen LogP contribution in [0.4, 0.5) is 18.9 Å². The van der Waals surface area contributed by atoms with E-state index in [1.807, 2.05) is 0 Å². The monoisotopic (exact) mass is 395 g/mol. The lowest BCUT2D eigenvalue weighted by Crippen LogP contribution is -2.18. The van der Waals surface area contributed by atoms with Crippen LogP contribution in [0.3, 0.4) is 0 Å². The molecule has 1 N–H and O–H groups in total. The van der Waals surface area contributed by atoms with Gasteiger partial charge in [0, 0.05) is 15.3 Å². The van der Waals surface area contributed by atoms with Gasteiger partial charge in [0.2, 0.25) is 0 Å². The van der Waals surface area contributed by atoms with Gasteiger partial charge in [-0.2, -0.15) is 18.3 Å². The fraction of sp³-hybridized carbons (Fsp3) is 0.167. The van der Waals surface area contributed by atoms with Gasteiger partial charge in [-0.25, -0.2) is 0 Å². The molecule has 1 aromatic carbocycles. The fourth-order valence-corrected chi connectivity index (χ4v) is 1.86. The third-order valence-corrected chi connectivity index (χ3v) is 3.06. The van der Waals surface area contributed by atoms with E-state index < -0.39 is 18.6 Å². The van der Waals surface area contributed by atoms with Gasteiger partial charge in [0.25, 0.3) is 5.91 Å². The highest BCUT2D eigenvalue weighted by Crippen LogP contribution is 2.18. The van der Waals surface area contributed by atoms with Crippen molar-refractivity contribution in [3.63, 3.8) is 0 Å². The van der Waals surface area contributed by atoms with Gasteiger partial charge < -0.3 is 5.32 Å². The number of carbonyl (C=O) groups excluding carboxylic acids is 1. The minimum absolute atomic E-state index is 0.220. The van der Waals surface area contributed by atoms with Crippen molar-refractivity contribution >= 4 is 34.2 Å². The zero-order valence-corrected chi connectivity index (χ0v) is 12.1. The molecule has 0 aliphatic heterocycles. The van der Waals surface area contributed by atoms with Gasteiger partial charge in [0.1, 0.15) is 6.54 Å². The Morgan fingerprint density at radius 3 is 2.55 bits per heavy atom. The summed E-state index contributed by atoms with van der Waals surface area (Å²) in [6.45, 7) is -1.19. The summed E-state index contributed by atoms with van der Waals surface area (Å²) in [7, 11) is 0. The van der Waals surface area contributed by atoms with Gasteiger partial charge in [-0.3, -0.25) is 9.48 Å². The van der Waals surface area contributed by atoms with Gasteiger partial charge in [-0.1, -0.05) is 0 Å². The van der Waals surface area contributed by atoms with Crippen LogP contribution in [-0.4, -0.2) is 21.9 Å². The normalized spacial score (nSPS) is 11.4. The number of hydrogen-bond donors (Lipinski definition) is 1. The van der Waals surface area contributed by atoms with Crippen molar-refractivity contribution in [3.05, 3.63) is 45.8 Å². The first-order valence-electron chi connectivity index (χ1n) is 5.49. The molecule has 0 aliphatic rings. The van der Waals surface area contributed by atoms with Crippen molar-refractivity contribution in [2.45, 2.75) is 12.7 Å². The van der Waals surface area contributed by atoms with E-state index in [9.17, 15) is 18.0 Å². The molecule has 0 bridgehead atoms. The summed E-state index contributed by atoms with van der Waals surface area (Å²) in [4.78, 5) is 11.8. The summed E-state index contributed by atoms with van der Waals surface area (Å²) in [5.74, 6) is -0.395. The Labute approximate surface area is 126 Å². The summed E-state index contributed by atoms with van der Waals surface area (Å²) < 4.78 is 38.2. The third-order valence-electron chi connectivity index (χ3n) is 2.34. The van der Waals surface area contributed by atoms with Crippen LogP contribution in [0.25, 0.3) is 0 Å². The number of anilines is 1. The number of amides is 1. The first-order chi connectivity index (χ1) is 9.33. The molecule has 20 heavy (non-hydrogen) atoms. The number of aromatic nitrogens is 2. The average Bonchev–Trinajstić information content (AvgIpc) is 2.74. The molecule has 0 aliphatic carbocycles. The van der Waals surface area contributed by atoms with E-state index in [1.54, 1.807) is 24.3 Å². The maximum atomic E-state index is 12.2. The smallest absolute Gasteiger partial charge is 0.319 e. The van der Waals surface area contributed by atoms with Gasteiger partial charge in [-0.15, -0.1) is 0 Å². The lowest BCUT2D eigenvalue weighted by molar-refractivity contribution is -0.142. The fourth-order valence-electron chi connectivity index (χ4n) is 1.50. The van der Waals surface area contributed by atoms with Crippen molar-refractivity contribution in [3.8, 4) is 0 Å². The lowest BCUT2D eigenvalue weighted by Gasteiger charge is -2.05. The molecular formula is C12H9F3IN3O. The summed E-state index contributed by atoms with van der Waals surface area (Å²) in [6.07, 6.45) is -2.03. The quantitative estimate of drug-likeness (QED) is 0.811. The maximum Gasteiger partial charge on any atom is 0.408 e. The Kier molecular flexibility index (Phi) is 4.31. The summed E-state index contributed by atoms with van der Waals surface area (Å²) in [5, 5.41) is 6.03. The Balaban J connectivity index is 2.03. The van der Waals surface area contributed by atoms with Crippen molar-refractivity contribution in [1.82, 2.24) is 9.78 Å². The molecule has 1 amide bonds. The van der Waals surface area contributed by atoms with E-state index in [-0.39, 0.29) is 5.69 Å². The van der Waals surface area contributed by atoms with Crippen molar-refractivity contribution in [2.75, 3.05) is 5.32 Å². The molecular weight excluding hydrogens is 386 g/mol. The largest absolute Gasteiger partial charge is 0.408 e. The first-order valence-corrected chi connectivity index (χ1v) is 6.57. The van der Waals surface area contributed by atoms with Gasteiger partial charge in [0.15, 0.2) is 0 Å². The van der Waals surface area contributed by atoms with E-state index in [0.29, 0.717) is 5.56 Å². The van der Waals surface area contributed by atoms with Crippen LogP contribution in [0.5, 0.6) is 0 Å². The topological polar surface area (TPSA) is 46.9 Å². The molecule has 4 nitrogen and oxygen atoms in total. The predicted octanol–water partition coefficient (Wildman–Crippen LogP) is 3.30. The van der Waals surface area contributed by atoms with E-state index >= 15 is 0 Å². The molecule has 106 valence electrons. The summed E-state index contributed by atoms with van der Waals surface area (Å²) >= 11 is 2.11. The van der Waals surface area contributed by atoms with Crippen LogP contribution >= 0.6 is 22.6 Å². The molecule has 0 fully saturated rings. The second-order valence-electron chi connectivity index (χ2n) is 4.00. The van der Waals surface area contributed by atoms with Crippen molar-refractivity contribution in [2.24, 2.45) is 0 Å². The maximum absolute atomic E-state index is 12.2. The number of hydrogen-bond acceptors (Lipinski definition) is 2. The molecule has 2 rings (SSSR count). The number of alkyl halides is 3. The Morgan fingerprint density at radius 1 is 1.30 bits per heavy atom. The summed E-state index contributed by atoms with van der Waals surface area (Å²) in [6, 6.07) is 6.81. The molecule has 0 saturated carbocycles. The van der Waals surface area contributed by atoms with E-state index in [4.69, 9.17) is 0 Å².